The lowest BCUT2D eigenvalue weighted by Gasteiger charge is -2.08. The number of carbonyl (C=O) groups excluding carboxylic acids is 1. The first-order chi connectivity index (χ1) is 13.2. The zero-order valence-electron chi connectivity index (χ0n) is 15.0. The molecule has 0 unspecified atom stereocenters. The molecule has 4 rings (SSSR count). The number of methoxy groups -OCH3 is 1. The summed E-state index contributed by atoms with van der Waals surface area (Å²) in [5, 5.41) is 2.93. The van der Waals surface area contributed by atoms with Gasteiger partial charge in [0.25, 0.3) is 5.91 Å². The third kappa shape index (κ3) is 3.25. The number of rotatable bonds is 4. The van der Waals surface area contributed by atoms with Crippen LogP contribution in [0.1, 0.15) is 16.1 Å². The van der Waals surface area contributed by atoms with Crippen molar-refractivity contribution in [3.63, 3.8) is 0 Å². The molecular weight excluding hydrogens is 340 g/mol. The van der Waals surface area contributed by atoms with E-state index in [1.165, 1.54) is 0 Å². The molecule has 0 spiro atoms. The molecular formula is C21H18N4O2. The van der Waals surface area contributed by atoms with E-state index >= 15 is 0 Å². The SMILES string of the molecule is COc1ccc(C(=O)Nc2cccc(-c3nc4ncccn4c3C)c2)cc1. The summed E-state index contributed by atoms with van der Waals surface area (Å²) in [6.45, 7) is 2.00. The minimum atomic E-state index is -0.178. The van der Waals surface area contributed by atoms with Gasteiger partial charge in [0.15, 0.2) is 0 Å². The Balaban J connectivity index is 1.62. The number of ether oxygens (including phenoxy) is 1. The number of aromatic nitrogens is 3. The molecule has 6 heteroatoms. The van der Waals surface area contributed by atoms with Gasteiger partial charge in [-0.2, -0.15) is 0 Å². The number of hydrogen-bond acceptors (Lipinski definition) is 4. The molecule has 0 radical (unpaired) electrons. The zero-order valence-corrected chi connectivity index (χ0v) is 15.0. The van der Waals surface area contributed by atoms with E-state index in [9.17, 15) is 4.79 Å². The molecule has 0 aliphatic rings. The number of carbonyl (C=O) groups is 1. The van der Waals surface area contributed by atoms with Gasteiger partial charge in [-0.1, -0.05) is 12.1 Å². The number of benzene rings is 2. The number of nitrogens with zero attached hydrogens (tertiary/aromatic N) is 3. The highest BCUT2D eigenvalue weighted by Crippen LogP contribution is 2.26. The van der Waals surface area contributed by atoms with Crippen LogP contribution in [0.2, 0.25) is 0 Å². The number of hydrogen-bond donors (Lipinski definition) is 1. The van der Waals surface area contributed by atoms with Gasteiger partial charge in [0.1, 0.15) is 5.75 Å². The molecule has 0 aliphatic heterocycles. The fourth-order valence-electron chi connectivity index (χ4n) is 2.97. The van der Waals surface area contributed by atoms with Crippen molar-refractivity contribution in [1.82, 2.24) is 14.4 Å². The van der Waals surface area contributed by atoms with Crippen molar-refractivity contribution >= 4 is 17.4 Å². The lowest BCUT2D eigenvalue weighted by molar-refractivity contribution is 0.102. The van der Waals surface area contributed by atoms with Gasteiger partial charge in [-0.15, -0.1) is 0 Å². The van der Waals surface area contributed by atoms with Crippen molar-refractivity contribution in [1.29, 1.82) is 0 Å². The van der Waals surface area contributed by atoms with Crippen molar-refractivity contribution in [2.45, 2.75) is 6.92 Å². The first kappa shape index (κ1) is 16.8. The summed E-state index contributed by atoms with van der Waals surface area (Å²) >= 11 is 0. The van der Waals surface area contributed by atoms with Crippen molar-refractivity contribution in [2.75, 3.05) is 12.4 Å². The average molecular weight is 358 g/mol. The molecule has 2 aromatic carbocycles. The molecule has 0 saturated carbocycles. The molecule has 1 amide bonds. The van der Waals surface area contributed by atoms with Crippen LogP contribution in [0.3, 0.4) is 0 Å². The fourth-order valence-corrected chi connectivity index (χ4v) is 2.97. The van der Waals surface area contributed by atoms with Gasteiger partial charge in [0.05, 0.1) is 12.8 Å². The summed E-state index contributed by atoms with van der Waals surface area (Å²) in [4.78, 5) is 21.4. The van der Waals surface area contributed by atoms with Crippen LogP contribution in [0.5, 0.6) is 5.75 Å². The van der Waals surface area contributed by atoms with E-state index in [1.54, 1.807) is 37.6 Å². The zero-order chi connectivity index (χ0) is 18.8. The number of fused-ring (bicyclic) bond motifs is 1. The quantitative estimate of drug-likeness (QED) is 0.599. The van der Waals surface area contributed by atoms with E-state index in [4.69, 9.17) is 4.74 Å². The largest absolute Gasteiger partial charge is 0.497 e. The molecule has 0 fully saturated rings. The Hall–Kier alpha value is -3.67. The third-order valence-corrected chi connectivity index (χ3v) is 4.39. The second-order valence-corrected chi connectivity index (χ2v) is 6.10. The second-order valence-electron chi connectivity index (χ2n) is 6.10. The van der Waals surface area contributed by atoms with E-state index in [2.05, 4.69) is 15.3 Å². The summed E-state index contributed by atoms with van der Waals surface area (Å²) < 4.78 is 7.06. The van der Waals surface area contributed by atoms with E-state index in [1.807, 2.05) is 47.9 Å². The second kappa shape index (κ2) is 6.92. The van der Waals surface area contributed by atoms with Crippen LogP contribution in [0.4, 0.5) is 5.69 Å². The Morgan fingerprint density at radius 1 is 1.11 bits per heavy atom. The minimum Gasteiger partial charge on any atom is -0.497 e. The predicted molar refractivity (Wildman–Crippen MR) is 104 cm³/mol. The topological polar surface area (TPSA) is 68.5 Å². The van der Waals surface area contributed by atoms with Crippen molar-refractivity contribution in [3.8, 4) is 17.0 Å². The van der Waals surface area contributed by atoms with Crippen LogP contribution in [0, 0.1) is 6.92 Å². The van der Waals surface area contributed by atoms with Crippen LogP contribution >= 0.6 is 0 Å². The summed E-state index contributed by atoms with van der Waals surface area (Å²) in [5.74, 6) is 1.19. The minimum absolute atomic E-state index is 0.178. The Kier molecular flexibility index (Phi) is 4.30. The maximum absolute atomic E-state index is 12.5. The maximum atomic E-state index is 12.5. The van der Waals surface area contributed by atoms with Gasteiger partial charge in [-0.3, -0.25) is 9.20 Å². The molecule has 134 valence electrons. The monoisotopic (exact) mass is 358 g/mol. The molecule has 0 atom stereocenters. The standard InChI is InChI=1S/C21H18N4O2/c1-14-19(24-21-22-11-4-12-25(14)21)16-5-3-6-17(13-16)23-20(26)15-7-9-18(27-2)10-8-15/h3-13H,1-2H3,(H,23,26). The fraction of sp³-hybridized carbons (Fsp3) is 0.0952. The smallest absolute Gasteiger partial charge is 0.255 e. The molecule has 2 aromatic heterocycles. The Labute approximate surface area is 156 Å². The van der Waals surface area contributed by atoms with Gasteiger partial charge in [-0.05, 0) is 49.4 Å². The van der Waals surface area contributed by atoms with Crippen LogP contribution in [-0.4, -0.2) is 27.4 Å². The highest BCUT2D eigenvalue weighted by atomic mass is 16.5. The van der Waals surface area contributed by atoms with Crippen molar-refractivity contribution in [2.24, 2.45) is 0 Å². The third-order valence-electron chi connectivity index (χ3n) is 4.39. The number of imidazole rings is 1. The van der Waals surface area contributed by atoms with E-state index < -0.39 is 0 Å². The molecule has 4 aromatic rings. The van der Waals surface area contributed by atoms with Crippen molar-refractivity contribution < 1.29 is 9.53 Å². The lowest BCUT2D eigenvalue weighted by Crippen LogP contribution is -2.11. The maximum Gasteiger partial charge on any atom is 0.255 e. The van der Waals surface area contributed by atoms with Gasteiger partial charge in [0.2, 0.25) is 5.78 Å². The van der Waals surface area contributed by atoms with Gasteiger partial charge in [-0.25, -0.2) is 9.97 Å². The number of nitrogens with one attached hydrogen (secondary N) is 1. The summed E-state index contributed by atoms with van der Waals surface area (Å²) in [5.41, 5.74) is 4.03. The van der Waals surface area contributed by atoms with Crippen molar-refractivity contribution in [3.05, 3.63) is 78.2 Å². The van der Waals surface area contributed by atoms with Crippen LogP contribution in [0.25, 0.3) is 17.0 Å². The Morgan fingerprint density at radius 2 is 1.93 bits per heavy atom. The first-order valence-corrected chi connectivity index (χ1v) is 8.51. The number of anilines is 1. The lowest BCUT2D eigenvalue weighted by atomic mass is 10.1. The van der Waals surface area contributed by atoms with Crippen LogP contribution in [0.15, 0.2) is 67.0 Å². The molecule has 2 heterocycles. The van der Waals surface area contributed by atoms with E-state index in [0.29, 0.717) is 22.8 Å². The van der Waals surface area contributed by atoms with E-state index in [0.717, 1.165) is 17.0 Å². The molecule has 27 heavy (non-hydrogen) atoms. The molecule has 0 bridgehead atoms. The summed E-state index contributed by atoms with van der Waals surface area (Å²) in [7, 11) is 1.59. The van der Waals surface area contributed by atoms with E-state index in [-0.39, 0.29) is 5.91 Å². The normalized spacial score (nSPS) is 10.7. The Morgan fingerprint density at radius 3 is 2.67 bits per heavy atom. The molecule has 0 saturated heterocycles. The van der Waals surface area contributed by atoms with Gasteiger partial charge >= 0.3 is 0 Å². The average Bonchev–Trinajstić information content (AvgIpc) is 3.05. The highest BCUT2D eigenvalue weighted by Gasteiger charge is 2.12. The summed E-state index contributed by atoms with van der Waals surface area (Å²) in [6.07, 6.45) is 3.65. The highest BCUT2D eigenvalue weighted by molar-refractivity contribution is 6.04. The number of amides is 1. The van der Waals surface area contributed by atoms with Gasteiger partial charge in [0, 0.05) is 34.9 Å². The van der Waals surface area contributed by atoms with Crippen LogP contribution < -0.4 is 10.1 Å². The van der Waals surface area contributed by atoms with Crippen LogP contribution in [-0.2, 0) is 0 Å². The number of aryl methyl sites for hydroxylation is 1. The Bertz CT molecular complexity index is 1120. The summed E-state index contributed by atoms with van der Waals surface area (Å²) in [6, 6.07) is 16.5. The predicted octanol–water partition coefficient (Wildman–Crippen LogP) is 3.97. The van der Waals surface area contributed by atoms with Gasteiger partial charge < -0.3 is 10.1 Å². The molecule has 6 nitrogen and oxygen atoms in total. The molecule has 0 aliphatic carbocycles. The molecule has 1 N–H and O–H groups in total. The first-order valence-electron chi connectivity index (χ1n) is 8.51.